The minimum atomic E-state index is 0.836. The van der Waals surface area contributed by atoms with Gasteiger partial charge in [0.2, 0.25) is 5.95 Å². The fourth-order valence-corrected chi connectivity index (χ4v) is 2.36. The summed E-state index contributed by atoms with van der Waals surface area (Å²) in [6.07, 6.45) is 3.43. The van der Waals surface area contributed by atoms with Gasteiger partial charge in [-0.3, -0.25) is 9.58 Å². The van der Waals surface area contributed by atoms with E-state index in [2.05, 4.69) is 29.9 Å². The van der Waals surface area contributed by atoms with E-state index in [1.807, 2.05) is 30.9 Å². The van der Waals surface area contributed by atoms with Gasteiger partial charge in [-0.15, -0.1) is 0 Å². The normalized spacial score (nSPS) is 16.6. The van der Waals surface area contributed by atoms with Gasteiger partial charge in [-0.2, -0.15) is 5.10 Å². The molecule has 106 valence electrons. The number of aryl methyl sites for hydroxylation is 2. The van der Waals surface area contributed by atoms with Gasteiger partial charge >= 0.3 is 0 Å². The Morgan fingerprint density at radius 1 is 1.15 bits per heavy atom. The van der Waals surface area contributed by atoms with Gasteiger partial charge < -0.3 is 4.90 Å². The molecule has 1 aliphatic rings. The van der Waals surface area contributed by atoms with E-state index >= 15 is 0 Å². The molecule has 20 heavy (non-hydrogen) atoms. The molecule has 1 saturated heterocycles. The molecule has 0 amide bonds. The maximum Gasteiger partial charge on any atom is 0.225 e. The van der Waals surface area contributed by atoms with Crippen LogP contribution in [0.1, 0.15) is 11.5 Å². The third kappa shape index (κ3) is 2.77. The SMILES string of the molecule is Cc1ccnc(N2CCN(Cc3ncnn3C)CC2)n1. The molecular weight excluding hydrogens is 254 g/mol. The molecule has 0 N–H and O–H groups in total. The van der Waals surface area contributed by atoms with Crippen LogP contribution in [0.25, 0.3) is 0 Å². The van der Waals surface area contributed by atoms with E-state index in [1.54, 1.807) is 6.33 Å². The molecule has 0 unspecified atom stereocenters. The van der Waals surface area contributed by atoms with Gasteiger partial charge in [0, 0.05) is 45.1 Å². The van der Waals surface area contributed by atoms with Crippen molar-refractivity contribution in [1.29, 1.82) is 0 Å². The maximum absolute atomic E-state index is 4.48. The number of nitrogens with zero attached hydrogens (tertiary/aromatic N) is 7. The van der Waals surface area contributed by atoms with Crippen LogP contribution in [-0.2, 0) is 13.6 Å². The molecule has 2 aromatic heterocycles. The third-order valence-corrected chi connectivity index (χ3v) is 3.61. The van der Waals surface area contributed by atoms with Crippen molar-refractivity contribution >= 4 is 5.95 Å². The molecule has 0 atom stereocenters. The van der Waals surface area contributed by atoms with Crippen molar-refractivity contribution in [3.8, 4) is 0 Å². The molecule has 0 spiro atoms. The highest BCUT2D eigenvalue weighted by Gasteiger charge is 2.20. The molecule has 0 aliphatic carbocycles. The van der Waals surface area contributed by atoms with Crippen LogP contribution in [0.5, 0.6) is 0 Å². The van der Waals surface area contributed by atoms with E-state index < -0.39 is 0 Å². The fourth-order valence-electron chi connectivity index (χ4n) is 2.36. The standard InChI is InChI=1S/C13H19N7/c1-11-3-4-14-13(17-11)20-7-5-19(6-8-20)9-12-15-10-16-18(12)2/h3-4,10H,5-9H2,1-2H3. The van der Waals surface area contributed by atoms with Crippen molar-refractivity contribution in [2.75, 3.05) is 31.1 Å². The van der Waals surface area contributed by atoms with Gasteiger partial charge in [-0.05, 0) is 13.0 Å². The van der Waals surface area contributed by atoms with Gasteiger partial charge in [0.05, 0.1) is 6.54 Å². The Balaban J connectivity index is 1.58. The Morgan fingerprint density at radius 3 is 2.60 bits per heavy atom. The summed E-state index contributed by atoms with van der Waals surface area (Å²) in [6.45, 7) is 6.71. The summed E-state index contributed by atoms with van der Waals surface area (Å²) in [5, 5.41) is 4.10. The van der Waals surface area contributed by atoms with E-state index in [0.717, 1.165) is 50.2 Å². The van der Waals surface area contributed by atoms with Crippen LogP contribution in [0.2, 0.25) is 0 Å². The first-order chi connectivity index (χ1) is 9.72. The second kappa shape index (κ2) is 5.54. The molecule has 0 radical (unpaired) electrons. The van der Waals surface area contributed by atoms with Crippen molar-refractivity contribution in [1.82, 2.24) is 29.6 Å². The lowest BCUT2D eigenvalue weighted by atomic mass is 10.3. The first-order valence-electron chi connectivity index (χ1n) is 6.82. The Bertz CT molecular complexity index is 572. The number of anilines is 1. The number of piperazine rings is 1. The summed E-state index contributed by atoms with van der Waals surface area (Å²) in [4.78, 5) is 17.7. The monoisotopic (exact) mass is 273 g/mol. The van der Waals surface area contributed by atoms with Gasteiger partial charge in [0.15, 0.2) is 0 Å². The highest BCUT2D eigenvalue weighted by molar-refractivity contribution is 5.30. The maximum atomic E-state index is 4.48. The summed E-state index contributed by atoms with van der Waals surface area (Å²) in [7, 11) is 1.93. The minimum absolute atomic E-state index is 0.836. The second-order valence-electron chi connectivity index (χ2n) is 5.06. The van der Waals surface area contributed by atoms with Crippen LogP contribution < -0.4 is 4.90 Å². The zero-order valence-corrected chi connectivity index (χ0v) is 11.9. The van der Waals surface area contributed by atoms with Crippen LogP contribution in [0, 0.1) is 6.92 Å². The van der Waals surface area contributed by atoms with E-state index in [1.165, 1.54) is 0 Å². The number of hydrogen-bond donors (Lipinski definition) is 0. The Morgan fingerprint density at radius 2 is 1.95 bits per heavy atom. The van der Waals surface area contributed by atoms with Crippen LogP contribution in [0.15, 0.2) is 18.6 Å². The van der Waals surface area contributed by atoms with E-state index in [-0.39, 0.29) is 0 Å². The van der Waals surface area contributed by atoms with Crippen LogP contribution in [0.3, 0.4) is 0 Å². The number of rotatable bonds is 3. The van der Waals surface area contributed by atoms with Crippen LogP contribution >= 0.6 is 0 Å². The molecule has 3 rings (SSSR count). The lowest BCUT2D eigenvalue weighted by Gasteiger charge is -2.34. The predicted molar refractivity (Wildman–Crippen MR) is 75.3 cm³/mol. The molecule has 1 fully saturated rings. The molecule has 7 nitrogen and oxygen atoms in total. The van der Waals surface area contributed by atoms with E-state index in [4.69, 9.17) is 0 Å². The highest BCUT2D eigenvalue weighted by atomic mass is 15.4. The molecule has 2 aromatic rings. The fraction of sp³-hybridized carbons (Fsp3) is 0.538. The smallest absolute Gasteiger partial charge is 0.225 e. The topological polar surface area (TPSA) is 63.0 Å². The van der Waals surface area contributed by atoms with Crippen molar-refractivity contribution in [3.63, 3.8) is 0 Å². The molecule has 3 heterocycles. The van der Waals surface area contributed by atoms with Crippen LogP contribution in [-0.4, -0.2) is 55.8 Å². The predicted octanol–water partition coefficient (Wildman–Crippen LogP) is 0.236. The lowest BCUT2D eigenvalue weighted by molar-refractivity contribution is 0.239. The number of hydrogen-bond acceptors (Lipinski definition) is 6. The van der Waals surface area contributed by atoms with Crippen molar-refractivity contribution in [3.05, 3.63) is 30.1 Å². The second-order valence-corrected chi connectivity index (χ2v) is 5.06. The van der Waals surface area contributed by atoms with Gasteiger partial charge in [0.1, 0.15) is 12.2 Å². The Kier molecular flexibility index (Phi) is 3.60. The Hall–Kier alpha value is -2.02. The molecule has 1 aliphatic heterocycles. The van der Waals surface area contributed by atoms with Crippen molar-refractivity contribution in [2.24, 2.45) is 7.05 Å². The lowest BCUT2D eigenvalue weighted by Crippen LogP contribution is -2.46. The first kappa shape index (κ1) is 13.0. The van der Waals surface area contributed by atoms with Crippen LogP contribution in [0.4, 0.5) is 5.95 Å². The molecule has 0 aromatic carbocycles. The minimum Gasteiger partial charge on any atom is -0.338 e. The highest BCUT2D eigenvalue weighted by Crippen LogP contribution is 2.12. The Labute approximate surface area is 118 Å². The summed E-state index contributed by atoms with van der Waals surface area (Å²) in [5.41, 5.74) is 1.01. The average Bonchev–Trinajstić information content (AvgIpc) is 2.85. The van der Waals surface area contributed by atoms with Gasteiger partial charge in [0.25, 0.3) is 0 Å². The quantitative estimate of drug-likeness (QED) is 0.798. The van der Waals surface area contributed by atoms with E-state index in [0.29, 0.717) is 0 Å². The third-order valence-electron chi connectivity index (χ3n) is 3.61. The summed E-state index contributed by atoms with van der Waals surface area (Å²) in [6, 6.07) is 1.92. The van der Waals surface area contributed by atoms with Crippen molar-refractivity contribution < 1.29 is 0 Å². The average molecular weight is 273 g/mol. The summed E-state index contributed by atoms with van der Waals surface area (Å²) < 4.78 is 1.83. The van der Waals surface area contributed by atoms with Gasteiger partial charge in [-0.1, -0.05) is 0 Å². The molecule has 0 saturated carbocycles. The van der Waals surface area contributed by atoms with Crippen molar-refractivity contribution in [2.45, 2.75) is 13.5 Å². The zero-order valence-electron chi connectivity index (χ0n) is 11.9. The largest absolute Gasteiger partial charge is 0.338 e. The first-order valence-corrected chi connectivity index (χ1v) is 6.82. The number of aromatic nitrogens is 5. The van der Waals surface area contributed by atoms with Gasteiger partial charge in [-0.25, -0.2) is 15.0 Å². The summed E-state index contributed by atoms with van der Waals surface area (Å²) >= 11 is 0. The molecule has 0 bridgehead atoms. The molecular formula is C13H19N7. The summed E-state index contributed by atoms with van der Waals surface area (Å²) in [5.74, 6) is 1.84. The zero-order chi connectivity index (χ0) is 13.9. The van der Waals surface area contributed by atoms with E-state index in [9.17, 15) is 0 Å². The molecule has 7 heteroatoms.